The van der Waals surface area contributed by atoms with E-state index in [0.717, 1.165) is 37.4 Å². The quantitative estimate of drug-likeness (QED) is 0.846. The Morgan fingerprint density at radius 2 is 2.33 bits per heavy atom. The maximum absolute atomic E-state index is 12.2. The Kier molecular flexibility index (Phi) is 3.19. The molecule has 1 saturated heterocycles. The average molecular weight is 246 g/mol. The van der Waals surface area contributed by atoms with Crippen molar-refractivity contribution in [3.8, 4) is 0 Å². The van der Waals surface area contributed by atoms with Crippen LogP contribution in [0, 0.1) is 5.92 Å². The van der Waals surface area contributed by atoms with Gasteiger partial charge < -0.3 is 15.4 Å². The summed E-state index contributed by atoms with van der Waals surface area (Å²) in [5.41, 5.74) is 2.19. The molecule has 3 rings (SSSR count). The molecule has 2 unspecified atom stereocenters. The molecule has 2 aliphatic heterocycles. The topological polar surface area (TPSA) is 50.4 Å². The highest BCUT2D eigenvalue weighted by Crippen LogP contribution is 2.31. The van der Waals surface area contributed by atoms with E-state index in [0.29, 0.717) is 12.5 Å². The molecule has 0 aromatic heterocycles. The van der Waals surface area contributed by atoms with Crippen LogP contribution in [0.15, 0.2) is 24.3 Å². The Morgan fingerprint density at radius 3 is 3.17 bits per heavy atom. The van der Waals surface area contributed by atoms with Gasteiger partial charge >= 0.3 is 0 Å². The minimum atomic E-state index is -0.0523. The Balaban J connectivity index is 1.60. The predicted octanol–water partition coefficient (Wildman–Crippen LogP) is 1.35. The van der Waals surface area contributed by atoms with Crippen molar-refractivity contribution in [2.45, 2.75) is 12.3 Å². The van der Waals surface area contributed by atoms with Crippen LogP contribution in [-0.2, 0) is 9.53 Å². The summed E-state index contributed by atoms with van der Waals surface area (Å²) in [6, 6.07) is 8.02. The van der Waals surface area contributed by atoms with E-state index < -0.39 is 0 Å². The zero-order valence-electron chi connectivity index (χ0n) is 10.3. The van der Waals surface area contributed by atoms with E-state index in [1.54, 1.807) is 0 Å². The molecule has 1 aromatic rings. The lowest BCUT2D eigenvalue weighted by Crippen LogP contribution is -2.34. The molecule has 2 atom stereocenters. The third kappa shape index (κ3) is 2.20. The van der Waals surface area contributed by atoms with E-state index in [1.165, 1.54) is 0 Å². The van der Waals surface area contributed by atoms with Gasteiger partial charge in [0, 0.05) is 31.3 Å². The molecule has 2 N–H and O–H groups in total. The lowest BCUT2D eigenvalue weighted by molar-refractivity contribution is -0.122. The largest absolute Gasteiger partial charge is 0.384 e. The Hall–Kier alpha value is -1.55. The van der Waals surface area contributed by atoms with Crippen molar-refractivity contribution < 1.29 is 9.53 Å². The summed E-state index contributed by atoms with van der Waals surface area (Å²) in [5, 5.41) is 6.32. The second-order valence-electron chi connectivity index (χ2n) is 5.00. The zero-order valence-corrected chi connectivity index (χ0v) is 10.3. The third-order valence-electron chi connectivity index (χ3n) is 3.74. The van der Waals surface area contributed by atoms with Gasteiger partial charge in [-0.3, -0.25) is 4.79 Å². The van der Waals surface area contributed by atoms with Gasteiger partial charge in [-0.2, -0.15) is 0 Å². The first-order valence-electron chi connectivity index (χ1n) is 6.53. The van der Waals surface area contributed by atoms with Gasteiger partial charge in [0.2, 0.25) is 5.91 Å². The number of rotatable bonds is 3. The van der Waals surface area contributed by atoms with Crippen LogP contribution < -0.4 is 10.6 Å². The van der Waals surface area contributed by atoms with Gasteiger partial charge in [-0.1, -0.05) is 18.2 Å². The number of anilines is 1. The molecule has 0 bridgehead atoms. The summed E-state index contributed by atoms with van der Waals surface area (Å²) in [5.74, 6) is 0.557. The summed E-state index contributed by atoms with van der Waals surface area (Å²) in [6.45, 7) is 3.04. The standard InChI is InChI=1S/C14H18N2O2/c17-14(16-7-10-5-6-18-9-10)12-8-15-13-4-2-1-3-11(12)13/h1-4,10,12,15H,5-9H2,(H,16,17). The van der Waals surface area contributed by atoms with Crippen molar-refractivity contribution in [3.63, 3.8) is 0 Å². The zero-order chi connectivity index (χ0) is 12.4. The number of carbonyl (C=O) groups excluding carboxylic acids is 1. The number of fused-ring (bicyclic) bond motifs is 1. The Labute approximate surface area is 107 Å². The first-order chi connectivity index (χ1) is 8.84. The monoisotopic (exact) mass is 246 g/mol. The molecule has 0 saturated carbocycles. The van der Waals surface area contributed by atoms with Gasteiger partial charge in [0.25, 0.3) is 0 Å². The van der Waals surface area contributed by atoms with Gasteiger partial charge in [0.15, 0.2) is 0 Å². The highest BCUT2D eigenvalue weighted by atomic mass is 16.5. The first-order valence-corrected chi connectivity index (χ1v) is 6.53. The van der Waals surface area contributed by atoms with Crippen LogP contribution in [0.5, 0.6) is 0 Å². The maximum atomic E-state index is 12.2. The summed E-state index contributed by atoms with van der Waals surface area (Å²) in [6.07, 6.45) is 1.06. The minimum Gasteiger partial charge on any atom is -0.384 e. The molecule has 0 spiro atoms. The van der Waals surface area contributed by atoms with Crippen molar-refractivity contribution in [1.29, 1.82) is 0 Å². The van der Waals surface area contributed by atoms with Crippen molar-refractivity contribution in [2.75, 3.05) is 31.6 Å². The molecule has 96 valence electrons. The number of hydrogen-bond acceptors (Lipinski definition) is 3. The highest BCUT2D eigenvalue weighted by Gasteiger charge is 2.28. The minimum absolute atomic E-state index is 0.0523. The summed E-state index contributed by atoms with van der Waals surface area (Å²) in [7, 11) is 0. The summed E-state index contributed by atoms with van der Waals surface area (Å²) in [4.78, 5) is 12.2. The fraction of sp³-hybridized carbons (Fsp3) is 0.500. The van der Waals surface area contributed by atoms with E-state index in [4.69, 9.17) is 4.74 Å². The number of amides is 1. The lowest BCUT2D eigenvalue weighted by Gasteiger charge is -2.13. The number of benzene rings is 1. The van der Waals surface area contributed by atoms with Crippen LogP contribution >= 0.6 is 0 Å². The molecule has 0 aliphatic carbocycles. The van der Waals surface area contributed by atoms with E-state index in [-0.39, 0.29) is 11.8 Å². The summed E-state index contributed by atoms with van der Waals surface area (Å²) >= 11 is 0. The normalized spacial score (nSPS) is 25.6. The van der Waals surface area contributed by atoms with Crippen molar-refractivity contribution >= 4 is 11.6 Å². The van der Waals surface area contributed by atoms with Crippen molar-refractivity contribution in [3.05, 3.63) is 29.8 Å². The van der Waals surface area contributed by atoms with Crippen LogP contribution in [0.25, 0.3) is 0 Å². The van der Waals surface area contributed by atoms with Gasteiger partial charge in [-0.25, -0.2) is 0 Å². The van der Waals surface area contributed by atoms with Crippen LogP contribution in [0.4, 0.5) is 5.69 Å². The van der Waals surface area contributed by atoms with Gasteiger partial charge in [0.1, 0.15) is 0 Å². The van der Waals surface area contributed by atoms with Crippen molar-refractivity contribution in [2.24, 2.45) is 5.92 Å². The molecular formula is C14H18N2O2. The third-order valence-corrected chi connectivity index (χ3v) is 3.74. The SMILES string of the molecule is O=C(NCC1CCOC1)C1CNc2ccccc21. The number of para-hydroxylation sites is 1. The fourth-order valence-electron chi connectivity index (χ4n) is 2.63. The highest BCUT2D eigenvalue weighted by molar-refractivity contribution is 5.88. The number of nitrogens with one attached hydrogen (secondary N) is 2. The van der Waals surface area contributed by atoms with Crippen LogP contribution in [0.3, 0.4) is 0 Å². The van der Waals surface area contributed by atoms with Gasteiger partial charge in [-0.15, -0.1) is 0 Å². The molecule has 0 radical (unpaired) electrons. The Morgan fingerprint density at radius 1 is 1.44 bits per heavy atom. The molecule has 2 aliphatic rings. The lowest BCUT2D eigenvalue weighted by atomic mass is 10.00. The molecule has 1 amide bonds. The van der Waals surface area contributed by atoms with E-state index in [9.17, 15) is 4.79 Å². The van der Waals surface area contributed by atoms with E-state index in [2.05, 4.69) is 10.6 Å². The molecule has 1 fully saturated rings. The fourth-order valence-corrected chi connectivity index (χ4v) is 2.63. The predicted molar refractivity (Wildman–Crippen MR) is 69.6 cm³/mol. The van der Waals surface area contributed by atoms with Crippen LogP contribution in [0.2, 0.25) is 0 Å². The number of ether oxygens (including phenoxy) is 1. The van der Waals surface area contributed by atoms with Crippen LogP contribution in [0.1, 0.15) is 17.9 Å². The molecule has 2 heterocycles. The average Bonchev–Trinajstić information content (AvgIpc) is 3.05. The van der Waals surface area contributed by atoms with Crippen molar-refractivity contribution in [1.82, 2.24) is 5.32 Å². The number of carbonyl (C=O) groups is 1. The first kappa shape index (κ1) is 11.5. The van der Waals surface area contributed by atoms with E-state index in [1.807, 2.05) is 24.3 Å². The van der Waals surface area contributed by atoms with Crippen LogP contribution in [-0.4, -0.2) is 32.2 Å². The molecule has 4 nitrogen and oxygen atoms in total. The second kappa shape index (κ2) is 4.98. The second-order valence-corrected chi connectivity index (χ2v) is 5.00. The Bertz CT molecular complexity index is 441. The molecular weight excluding hydrogens is 228 g/mol. The number of hydrogen-bond donors (Lipinski definition) is 2. The van der Waals surface area contributed by atoms with Gasteiger partial charge in [0.05, 0.1) is 12.5 Å². The molecule has 18 heavy (non-hydrogen) atoms. The summed E-state index contributed by atoms with van der Waals surface area (Å²) < 4.78 is 5.31. The smallest absolute Gasteiger partial charge is 0.229 e. The van der Waals surface area contributed by atoms with Gasteiger partial charge in [-0.05, 0) is 18.1 Å². The maximum Gasteiger partial charge on any atom is 0.229 e. The molecule has 1 aromatic carbocycles. The molecule has 4 heteroatoms. The van der Waals surface area contributed by atoms with E-state index >= 15 is 0 Å².